The predicted octanol–water partition coefficient (Wildman–Crippen LogP) is 4.64. The van der Waals surface area contributed by atoms with E-state index in [0.29, 0.717) is 27.6 Å². The molecular formula is C15H20Cl3NO2. The molecule has 1 atom stereocenters. The Balaban J connectivity index is 0.00000400. The van der Waals surface area contributed by atoms with Gasteiger partial charge in [-0.15, -0.1) is 11.6 Å². The molecule has 21 heavy (non-hydrogen) atoms. The molecule has 0 saturated heterocycles. The molecule has 1 aromatic carbocycles. The molecule has 3 nitrogen and oxygen atoms in total. The zero-order chi connectivity index (χ0) is 15.5. The Morgan fingerprint density at radius 1 is 1.24 bits per heavy atom. The van der Waals surface area contributed by atoms with E-state index in [2.05, 4.69) is 5.32 Å². The molecule has 0 aliphatic carbocycles. The molecule has 118 valence electrons. The molecule has 0 aliphatic rings. The number of hydrogen-bond acceptors (Lipinski definition) is 2. The van der Waals surface area contributed by atoms with E-state index in [1.54, 1.807) is 20.8 Å². The molecule has 0 aliphatic heterocycles. The third-order valence-electron chi connectivity index (χ3n) is 3.38. The minimum absolute atomic E-state index is 0. The fourth-order valence-electron chi connectivity index (χ4n) is 1.60. The first-order valence-corrected chi connectivity index (χ1v) is 7.41. The van der Waals surface area contributed by atoms with Crippen LogP contribution in [0.2, 0.25) is 10.0 Å². The van der Waals surface area contributed by atoms with Crippen molar-refractivity contribution < 1.29 is 9.59 Å². The second-order valence-corrected chi connectivity index (χ2v) is 5.84. The van der Waals surface area contributed by atoms with Crippen LogP contribution in [0.4, 0.5) is 0 Å². The normalized spacial score (nSPS) is 13.0. The van der Waals surface area contributed by atoms with Crippen LogP contribution in [-0.4, -0.2) is 23.1 Å². The monoisotopic (exact) mass is 351 g/mol. The standard InChI is InChI=1S/C14H16Cl3NO2.CH4/c1-4-14(3,12(19)7-15)18-13(20)9-5-10(16)8(2)11(17)6-9;/h5-6H,4,7H2,1-3H3,(H,18,20);1H4. The fraction of sp³-hybridized carbons (Fsp3) is 0.467. The quantitative estimate of drug-likeness (QED) is 0.784. The topological polar surface area (TPSA) is 46.2 Å². The van der Waals surface area contributed by atoms with Crippen LogP contribution in [0.1, 0.15) is 43.6 Å². The van der Waals surface area contributed by atoms with Crippen LogP contribution in [-0.2, 0) is 4.79 Å². The smallest absolute Gasteiger partial charge is 0.252 e. The number of carbonyl (C=O) groups is 2. The van der Waals surface area contributed by atoms with Gasteiger partial charge in [-0.05, 0) is 38.0 Å². The van der Waals surface area contributed by atoms with E-state index in [1.807, 2.05) is 0 Å². The summed E-state index contributed by atoms with van der Waals surface area (Å²) < 4.78 is 0. The number of Topliss-reactive ketones (excluding diaryl/α,β-unsaturated/α-hetero) is 1. The van der Waals surface area contributed by atoms with Gasteiger partial charge in [0.1, 0.15) is 0 Å². The highest BCUT2D eigenvalue weighted by Gasteiger charge is 2.32. The fourth-order valence-corrected chi connectivity index (χ4v) is 2.38. The van der Waals surface area contributed by atoms with Crippen LogP contribution in [0.15, 0.2) is 12.1 Å². The predicted molar refractivity (Wildman–Crippen MR) is 89.8 cm³/mol. The number of benzene rings is 1. The van der Waals surface area contributed by atoms with Gasteiger partial charge in [0.25, 0.3) is 5.91 Å². The average Bonchev–Trinajstić information content (AvgIpc) is 2.42. The molecule has 1 rings (SSSR count). The maximum Gasteiger partial charge on any atom is 0.252 e. The van der Waals surface area contributed by atoms with Gasteiger partial charge in [0.15, 0.2) is 5.78 Å². The van der Waals surface area contributed by atoms with Crippen molar-refractivity contribution in [1.82, 2.24) is 5.32 Å². The lowest BCUT2D eigenvalue weighted by atomic mass is 9.93. The molecule has 0 radical (unpaired) electrons. The summed E-state index contributed by atoms with van der Waals surface area (Å²) in [6, 6.07) is 3.05. The third kappa shape index (κ3) is 4.60. The number of rotatable bonds is 5. The van der Waals surface area contributed by atoms with Crippen LogP contribution in [0.25, 0.3) is 0 Å². The van der Waals surface area contributed by atoms with Crippen molar-refractivity contribution in [2.45, 2.75) is 40.2 Å². The van der Waals surface area contributed by atoms with Gasteiger partial charge in [0.05, 0.1) is 11.4 Å². The summed E-state index contributed by atoms with van der Waals surface area (Å²) in [5.41, 5.74) is 0.0236. The van der Waals surface area contributed by atoms with Crippen LogP contribution in [0.5, 0.6) is 0 Å². The minimum Gasteiger partial charge on any atom is -0.340 e. The SMILES string of the molecule is C.CCC(C)(NC(=O)c1cc(Cl)c(C)c(Cl)c1)C(=O)CCl. The summed E-state index contributed by atoms with van der Waals surface area (Å²) in [6.45, 7) is 5.21. The van der Waals surface area contributed by atoms with Gasteiger partial charge in [0, 0.05) is 15.6 Å². The Hall–Kier alpha value is -0.770. The molecule has 0 heterocycles. The molecule has 1 unspecified atom stereocenters. The highest BCUT2D eigenvalue weighted by Crippen LogP contribution is 2.26. The van der Waals surface area contributed by atoms with E-state index < -0.39 is 11.4 Å². The van der Waals surface area contributed by atoms with Gasteiger partial charge in [-0.3, -0.25) is 9.59 Å². The summed E-state index contributed by atoms with van der Waals surface area (Å²) in [5, 5.41) is 3.51. The highest BCUT2D eigenvalue weighted by atomic mass is 35.5. The molecule has 1 N–H and O–H groups in total. The lowest BCUT2D eigenvalue weighted by Crippen LogP contribution is -2.52. The second-order valence-electron chi connectivity index (χ2n) is 4.76. The van der Waals surface area contributed by atoms with Gasteiger partial charge in [-0.25, -0.2) is 0 Å². The number of hydrogen-bond donors (Lipinski definition) is 1. The molecular weight excluding hydrogens is 333 g/mol. The minimum atomic E-state index is -0.997. The van der Waals surface area contributed by atoms with Crippen molar-refractivity contribution in [3.8, 4) is 0 Å². The van der Waals surface area contributed by atoms with Crippen LogP contribution in [0.3, 0.4) is 0 Å². The zero-order valence-corrected chi connectivity index (χ0v) is 13.8. The number of ketones is 1. The molecule has 0 bridgehead atoms. The van der Waals surface area contributed by atoms with Crippen LogP contribution >= 0.6 is 34.8 Å². The van der Waals surface area contributed by atoms with Crippen molar-refractivity contribution in [2.24, 2.45) is 0 Å². The van der Waals surface area contributed by atoms with Crippen molar-refractivity contribution in [3.63, 3.8) is 0 Å². The van der Waals surface area contributed by atoms with Gasteiger partial charge < -0.3 is 5.32 Å². The number of carbonyl (C=O) groups excluding carboxylic acids is 2. The Morgan fingerprint density at radius 2 is 1.71 bits per heavy atom. The summed E-state index contributed by atoms with van der Waals surface area (Å²) in [5.74, 6) is -0.795. The van der Waals surface area contributed by atoms with Gasteiger partial charge in [0.2, 0.25) is 0 Å². The zero-order valence-electron chi connectivity index (χ0n) is 11.5. The van der Waals surface area contributed by atoms with Gasteiger partial charge in [-0.1, -0.05) is 37.6 Å². The Bertz CT molecular complexity index is 523. The molecule has 0 aromatic heterocycles. The Kier molecular flexibility index (Phi) is 7.73. The Morgan fingerprint density at radius 3 is 2.10 bits per heavy atom. The van der Waals surface area contributed by atoms with Crippen molar-refractivity contribution >= 4 is 46.5 Å². The first-order valence-electron chi connectivity index (χ1n) is 6.12. The summed E-state index contributed by atoms with van der Waals surface area (Å²) >= 11 is 17.6. The van der Waals surface area contributed by atoms with E-state index >= 15 is 0 Å². The molecule has 1 amide bonds. The third-order valence-corrected chi connectivity index (χ3v) is 4.40. The molecule has 0 spiro atoms. The van der Waals surface area contributed by atoms with Crippen LogP contribution in [0, 0.1) is 6.92 Å². The summed E-state index contributed by atoms with van der Waals surface area (Å²) in [7, 11) is 0. The van der Waals surface area contributed by atoms with E-state index in [9.17, 15) is 9.59 Å². The van der Waals surface area contributed by atoms with Crippen molar-refractivity contribution in [2.75, 3.05) is 5.88 Å². The first-order chi connectivity index (χ1) is 9.25. The van der Waals surface area contributed by atoms with Crippen molar-refractivity contribution in [3.05, 3.63) is 33.3 Å². The second kappa shape index (κ2) is 8.02. The number of alkyl halides is 1. The maximum atomic E-state index is 12.2. The molecule has 0 fully saturated rings. The molecule has 0 saturated carbocycles. The van der Waals surface area contributed by atoms with E-state index in [1.165, 1.54) is 12.1 Å². The van der Waals surface area contributed by atoms with E-state index in [4.69, 9.17) is 34.8 Å². The van der Waals surface area contributed by atoms with E-state index in [0.717, 1.165) is 0 Å². The number of halogens is 3. The first kappa shape index (κ1) is 20.2. The Labute approximate surface area is 141 Å². The van der Waals surface area contributed by atoms with Gasteiger partial charge >= 0.3 is 0 Å². The summed E-state index contributed by atoms with van der Waals surface area (Å²) in [6.07, 6.45) is 0.442. The maximum absolute atomic E-state index is 12.2. The van der Waals surface area contributed by atoms with Gasteiger partial charge in [-0.2, -0.15) is 0 Å². The lowest BCUT2D eigenvalue weighted by Gasteiger charge is -2.27. The largest absolute Gasteiger partial charge is 0.340 e. The van der Waals surface area contributed by atoms with E-state index in [-0.39, 0.29) is 19.1 Å². The van der Waals surface area contributed by atoms with Crippen LogP contribution < -0.4 is 5.32 Å². The molecule has 6 heteroatoms. The summed E-state index contributed by atoms with van der Waals surface area (Å²) in [4.78, 5) is 24.1. The number of nitrogens with one attached hydrogen (secondary N) is 1. The average molecular weight is 353 g/mol. The molecule has 1 aromatic rings. The lowest BCUT2D eigenvalue weighted by molar-refractivity contribution is -0.122. The van der Waals surface area contributed by atoms with Crippen molar-refractivity contribution in [1.29, 1.82) is 0 Å². The highest BCUT2D eigenvalue weighted by molar-refractivity contribution is 6.36. The number of amides is 1.